The van der Waals surface area contributed by atoms with Gasteiger partial charge in [-0.2, -0.15) is 0 Å². The molecule has 0 amide bonds. The fourth-order valence-electron chi connectivity index (χ4n) is 10.0. The van der Waals surface area contributed by atoms with Gasteiger partial charge in [0.05, 0.1) is 0 Å². The molecule has 0 rings (SSSR count). The number of ether oxygens (including phenoxy) is 3. The maximum atomic E-state index is 12.9. The lowest BCUT2D eigenvalue weighted by Gasteiger charge is -2.18. The normalized spacial score (nSPS) is 12.4. The third-order valence-electron chi connectivity index (χ3n) is 15.0. The molecule has 0 fully saturated rings. The van der Waals surface area contributed by atoms with E-state index in [4.69, 9.17) is 14.2 Å². The molecule has 1 atom stereocenters. The summed E-state index contributed by atoms with van der Waals surface area (Å²) < 4.78 is 17.0. The molecule has 0 saturated carbocycles. The minimum absolute atomic E-state index is 0.0704. The van der Waals surface area contributed by atoms with E-state index in [1.165, 1.54) is 218 Å². The van der Waals surface area contributed by atoms with Gasteiger partial charge in [-0.15, -0.1) is 0 Å². The SMILES string of the molecule is CC/C=C\C/C=C\C/C=C\C/C=C\C/C=C\CCCCCCCCCCCC(=O)OCC(COC(=O)CCCCCCCCCCCCCCC)OC(=O)CCCCCCCCCCCCCCCCCCCCCCC. The van der Waals surface area contributed by atoms with Crippen LogP contribution in [0.25, 0.3) is 0 Å². The van der Waals surface area contributed by atoms with Gasteiger partial charge in [-0.1, -0.05) is 332 Å². The molecule has 0 aliphatic rings. The van der Waals surface area contributed by atoms with Gasteiger partial charge >= 0.3 is 17.9 Å². The van der Waals surface area contributed by atoms with Crippen LogP contribution in [0.1, 0.15) is 355 Å². The standard InChI is InChI=1S/C71H128O6/c1-4-7-10-13-16-19-22-25-27-29-31-33-34-35-36-38-39-41-43-46-49-52-55-58-61-64-70(73)76-67-68(66-75-69(72)63-60-57-54-51-48-45-24-21-18-15-12-9-6-3)77-71(74)65-62-59-56-53-50-47-44-42-40-37-32-30-28-26-23-20-17-14-11-8-5-2/h7,10,16,19,25,27,31,33,35-36,68H,4-6,8-9,11-15,17-18,20-24,26,28-30,32,34,37-67H2,1-3H3/b10-7-,19-16-,27-25-,33-31-,36-35-. The van der Waals surface area contributed by atoms with Crippen molar-refractivity contribution in [2.24, 2.45) is 0 Å². The van der Waals surface area contributed by atoms with Crippen LogP contribution in [0.5, 0.6) is 0 Å². The summed E-state index contributed by atoms with van der Waals surface area (Å²) in [6.45, 7) is 6.58. The summed E-state index contributed by atoms with van der Waals surface area (Å²) in [7, 11) is 0. The molecule has 448 valence electrons. The first-order valence-corrected chi connectivity index (χ1v) is 33.8. The van der Waals surface area contributed by atoms with E-state index < -0.39 is 6.10 Å². The van der Waals surface area contributed by atoms with E-state index in [1.54, 1.807) is 0 Å². The minimum Gasteiger partial charge on any atom is -0.462 e. The molecule has 0 aliphatic carbocycles. The lowest BCUT2D eigenvalue weighted by molar-refractivity contribution is -0.167. The maximum absolute atomic E-state index is 12.9. The van der Waals surface area contributed by atoms with Crippen LogP contribution in [-0.2, 0) is 28.6 Å². The summed E-state index contributed by atoms with van der Waals surface area (Å²) in [6.07, 6.45) is 83.8. The summed E-state index contributed by atoms with van der Waals surface area (Å²) in [5, 5.41) is 0. The Kier molecular flexibility index (Phi) is 63.2. The lowest BCUT2D eigenvalue weighted by Crippen LogP contribution is -2.30. The largest absolute Gasteiger partial charge is 0.462 e. The van der Waals surface area contributed by atoms with Gasteiger partial charge in [0.15, 0.2) is 6.10 Å². The summed E-state index contributed by atoms with van der Waals surface area (Å²) in [5.74, 6) is -0.853. The number of rotatable bonds is 62. The summed E-state index contributed by atoms with van der Waals surface area (Å²) in [6, 6.07) is 0. The Morgan fingerprint density at radius 3 is 0.792 bits per heavy atom. The van der Waals surface area contributed by atoms with Gasteiger partial charge in [0.1, 0.15) is 13.2 Å². The number of hydrogen-bond donors (Lipinski definition) is 0. The zero-order valence-corrected chi connectivity index (χ0v) is 51.5. The molecular formula is C71H128O6. The molecule has 6 heteroatoms. The van der Waals surface area contributed by atoms with Crippen molar-refractivity contribution in [3.05, 3.63) is 60.8 Å². The zero-order valence-electron chi connectivity index (χ0n) is 51.5. The Hall–Kier alpha value is -2.89. The minimum atomic E-state index is -0.774. The van der Waals surface area contributed by atoms with Crippen molar-refractivity contribution in [1.82, 2.24) is 0 Å². The molecule has 1 unspecified atom stereocenters. The van der Waals surface area contributed by atoms with Crippen molar-refractivity contribution < 1.29 is 28.6 Å². The van der Waals surface area contributed by atoms with Gasteiger partial charge in [-0.3, -0.25) is 14.4 Å². The van der Waals surface area contributed by atoms with E-state index >= 15 is 0 Å². The Bertz CT molecular complexity index is 1380. The second kappa shape index (κ2) is 65.6. The average molecular weight is 1080 g/mol. The molecule has 0 heterocycles. The Morgan fingerprint density at radius 1 is 0.273 bits per heavy atom. The van der Waals surface area contributed by atoms with E-state index in [0.717, 1.165) is 96.3 Å². The third kappa shape index (κ3) is 63.8. The summed E-state index contributed by atoms with van der Waals surface area (Å²) in [5.41, 5.74) is 0. The van der Waals surface area contributed by atoms with Crippen LogP contribution in [0, 0.1) is 0 Å². The Morgan fingerprint density at radius 2 is 0.506 bits per heavy atom. The van der Waals surface area contributed by atoms with Crippen molar-refractivity contribution in [2.45, 2.75) is 361 Å². The number of esters is 3. The van der Waals surface area contributed by atoms with Gasteiger partial charge in [0.2, 0.25) is 0 Å². The average Bonchev–Trinajstić information content (AvgIpc) is 3.43. The molecule has 6 nitrogen and oxygen atoms in total. The molecule has 0 N–H and O–H groups in total. The third-order valence-corrected chi connectivity index (χ3v) is 15.0. The predicted octanol–water partition coefficient (Wildman–Crippen LogP) is 23.1. The summed E-state index contributed by atoms with van der Waals surface area (Å²) in [4.78, 5) is 38.4. The fraction of sp³-hybridized carbons (Fsp3) is 0.817. The highest BCUT2D eigenvalue weighted by molar-refractivity contribution is 5.71. The van der Waals surface area contributed by atoms with Gasteiger partial charge in [-0.25, -0.2) is 0 Å². The Balaban J connectivity index is 4.28. The first-order chi connectivity index (χ1) is 38.0. The smallest absolute Gasteiger partial charge is 0.306 e. The van der Waals surface area contributed by atoms with E-state index in [0.29, 0.717) is 19.3 Å². The maximum Gasteiger partial charge on any atom is 0.306 e. The zero-order chi connectivity index (χ0) is 55.7. The van der Waals surface area contributed by atoms with Gasteiger partial charge in [0, 0.05) is 19.3 Å². The molecule has 0 aromatic heterocycles. The second-order valence-corrected chi connectivity index (χ2v) is 22.7. The van der Waals surface area contributed by atoms with Crippen LogP contribution >= 0.6 is 0 Å². The van der Waals surface area contributed by atoms with Crippen LogP contribution in [0.2, 0.25) is 0 Å². The van der Waals surface area contributed by atoms with Gasteiger partial charge in [-0.05, 0) is 64.2 Å². The summed E-state index contributed by atoms with van der Waals surface area (Å²) >= 11 is 0. The van der Waals surface area contributed by atoms with Crippen LogP contribution in [0.15, 0.2) is 60.8 Å². The second-order valence-electron chi connectivity index (χ2n) is 22.7. The van der Waals surface area contributed by atoms with Crippen LogP contribution in [0.4, 0.5) is 0 Å². The monoisotopic (exact) mass is 1080 g/mol. The van der Waals surface area contributed by atoms with E-state index in [9.17, 15) is 14.4 Å². The number of unbranched alkanes of at least 4 members (excludes halogenated alkanes) is 41. The quantitative estimate of drug-likeness (QED) is 0.0261. The van der Waals surface area contributed by atoms with Crippen molar-refractivity contribution in [3.63, 3.8) is 0 Å². The number of carbonyl (C=O) groups is 3. The molecule has 0 radical (unpaired) electrons. The van der Waals surface area contributed by atoms with Crippen molar-refractivity contribution in [3.8, 4) is 0 Å². The molecular weight excluding hydrogens is 949 g/mol. The van der Waals surface area contributed by atoms with Gasteiger partial charge in [0.25, 0.3) is 0 Å². The van der Waals surface area contributed by atoms with Crippen LogP contribution in [0.3, 0.4) is 0 Å². The fourth-order valence-corrected chi connectivity index (χ4v) is 10.0. The topological polar surface area (TPSA) is 78.9 Å². The first kappa shape index (κ1) is 74.1. The Labute approximate surface area is 479 Å². The number of carbonyl (C=O) groups excluding carboxylic acids is 3. The molecule has 77 heavy (non-hydrogen) atoms. The highest BCUT2D eigenvalue weighted by Crippen LogP contribution is 2.18. The van der Waals surface area contributed by atoms with E-state index in [1.807, 2.05) is 0 Å². The van der Waals surface area contributed by atoms with E-state index in [2.05, 4.69) is 81.5 Å². The molecule has 0 saturated heterocycles. The van der Waals surface area contributed by atoms with Crippen molar-refractivity contribution in [2.75, 3.05) is 13.2 Å². The van der Waals surface area contributed by atoms with Crippen LogP contribution in [-0.4, -0.2) is 37.2 Å². The van der Waals surface area contributed by atoms with Crippen LogP contribution < -0.4 is 0 Å². The molecule has 0 bridgehead atoms. The predicted molar refractivity (Wildman–Crippen MR) is 335 cm³/mol. The molecule has 0 aliphatic heterocycles. The van der Waals surface area contributed by atoms with E-state index in [-0.39, 0.29) is 31.1 Å². The van der Waals surface area contributed by atoms with Crippen molar-refractivity contribution in [1.29, 1.82) is 0 Å². The highest BCUT2D eigenvalue weighted by atomic mass is 16.6. The number of allylic oxidation sites excluding steroid dienone is 10. The number of hydrogen-bond acceptors (Lipinski definition) is 6. The van der Waals surface area contributed by atoms with Gasteiger partial charge < -0.3 is 14.2 Å². The molecule has 0 spiro atoms. The molecule has 0 aromatic carbocycles. The first-order valence-electron chi connectivity index (χ1n) is 33.8. The highest BCUT2D eigenvalue weighted by Gasteiger charge is 2.19. The van der Waals surface area contributed by atoms with Crippen molar-refractivity contribution >= 4 is 17.9 Å². The molecule has 0 aromatic rings. The lowest BCUT2D eigenvalue weighted by atomic mass is 10.0.